The van der Waals surface area contributed by atoms with Gasteiger partial charge in [0.15, 0.2) is 0 Å². The smallest absolute Gasteiger partial charge is 0.0502 e. The van der Waals surface area contributed by atoms with E-state index in [1.54, 1.807) is 5.56 Å². The third kappa shape index (κ3) is 0.873. The van der Waals surface area contributed by atoms with Crippen molar-refractivity contribution in [1.82, 2.24) is 4.98 Å². The van der Waals surface area contributed by atoms with Crippen molar-refractivity contribution in [2.75, 3.05) is 0 Å². The van der Waals surface area contributed by atoms with Gasteiger partial charge in [0.05, 0.1) is 5.69 Å². The Bertz CT molecular complexity index is 439. The van der Waals surface area contributed by atoms with Crippen molar-refractivity contribution >= 4 is 0 Å². The average molecular weight is 213 g/mol. The molecule has 0 radical (unpaired) electrons. The van der Waals surface area contributed by atoms with Crippen LogP contribution in [0.25, 0.3) is 0 Å². The molecule has 1 nitrogen and oxygen atoms in total. The third-order valence-corrected chi connectivity index (χ3v) is 5.77. The predicted molar refractivity (Wildman–Crippen MR) is 64.4 cm³/mol. The molecule has 0 aromatic carbocycles. The summed E-state index contributed by atoms with van der Waals surface area (Å²) in [6, 6.07) is 4.43. The lowest BCUT2D eigenvalue weighted by atomic mass is 9.39. The van der Waals surface area contributed by atoms with Crippen LogP contribution in [-0.4, -0.2) is 4.98 Å². The van der Waals surface area contributed by atoms with Crippen molar-refractivity contribution in [2.24, 2.45) is 5.41 Å². The molecule has 1 heteroatoms. The van der Waals surface area contributed by atoms with Gasteiger partial charge in [-0.05, 0) is 55.6 Å². The maximum atomic E-state index is 4.77. The van der Waals surface area contributed by atoms with E-state index in [9.17, 15) is 0 Å². The van der Waals surface area contributed by atoms with Gasteiger partial charge in [0.1, 0.15) is 0 Å². The van der Waals surface area contributed by atoms with E-state index < -0.39 is 0 Å². The number of fused-ring (bicyclic) bond motifs is 1. The lowest BCUT2D eigenvalue weighted by molar-refractivity contribution is -0.0697. The van der Waals surface area contributed by atoms with Crippen molar-refractivity contribution in [3.8, 4) is 0 Å². The zero-order valence-corrected chi connectivity index (χ0v) is 9.84. The van der Waals surface area contributed by atoms with Crippen molar-refractivity contribution < 1.29 is 0 Å². The van der Waals surface area contributed by atoms with Gasteiger partial charge in [-0.25, -0.2) is 0 Å². The van der Waals surface area contributed by atoms with Gasteiger partial charge >= 0.3 is 0 Å². The lowest BCUT2D eigenvalue weighted by Gasteiger charge is -2.65. The molecule has 3 aliphatic carbocycles. The molecule has 2 atom stereocenters. The normalized spacial score (nSPS) is 40.2. The van der Waals surface area contributed by atoms with E-state index in [1.165, 1.54) is 57.1 Å². The number of hydrogen-bond acceptors (Lipinski definition) is 1. The highest BCUT2D eigenvalue weighted by Gasteiger charge is 2.62. The Morgan fingerprint density at radius 2 is 1.94 bits per heavy atom. The number of pyridine rings is 1. The van der Waals surface area contributed by atoms with Gasteiger partial charge in [-0.15, -0.1) is 0 Å². The molecule has 1 aromatic rings. The standard InChI is InChI=1S/C15H19N/c1-2-7-15-10-9-14(15,6-1)8-5-12-4-3-11-16-13(12)15/h3-4,11H,1-2,5-10H2. The van der Waals surface area contributed by atoms with Crippen LogP contribution in [0.15, 0.2) is 18.3 Å². The molecule has 0 saturated heterocycles. The molecule has 16 heavy (non-hydrogen) atoms. The summed E-state index contributed by atoms with van der Waals surface area (Å²) in [6.45, 7) is 0. The van der Waals surface area contributed by atoms with Gasteiger partial charge in [-0.1, -0.05) is 18.9 Å². The maximum Gasteiger partial charge on any atom is 0.0502 e. The molecule has 4 rings (SSSR count). The van der Waals surface area contributed by atoms with Gasteiger partial charge in [0, 0.05) is 11.6 Å². The molecule has 1 aromatic heterocycles. The summed E-state index contributed by atoms with van der Waals surface area (Å²) in [5.41, 5.74) is 4.24. The highest BCUT2D eigenvalue weighted by Crippen LogP contribution is 2.69. The number of aromatic nitrogens is 1. The maximum absolute atomic E-state index is 4.77. The first-order chi connectivity index (χ1) is 7.86. The first-order valence-corrected chi connectivity index (χ1v) is 6.81. The van der Waals surface area contributed by atoms with Gasteiger partial charge in [0.2, 0.25) is 0 Å². The molecule has 3 aliphatic rings. The Hall–Kier alpha value is -0.850. The number of hydrogen-bond donors (Lipinski definition) is 0. The van der Waals surface area contributed by atoms with Crippen LogP contribution in [0, 0.1) is 5.41 Å². The van der Waals surface area contributed by atoms with Crippen LogP contribution in [0.2, 0.25) is 0 Å². The van der Waals surface area contributed by atoms with E-state index >= 15 is 0 Å². The van der Waals surface area contributed by atoms with Crippen LogP contribution in [0.3, 0.4) is 0 Å². The summed E-state index contributed by atoms with van der Waals surface area (Å²) < 4.78 is 0. The minimum absolute atomic E-state index is 0.514. The van der Waals surface area contributed by atoms with Crippen molar-refractivity contribution in [3.63, 3.8) is 0 Å². The molecule has 2 fully saturated rings. The van der Waals surface area contributed by atoms with Gasteiger partial charge in [-0.3, -0.25) is 4.98 Å². The zero-order valence-electron chi connectivity index (χ0n) is 9.84. The Morgan fingerprint density at radius 1 is 1.00 bits per heavy atom. The molecule has 2 saturated carbocycles. The van der Waals surface area contributed by atoms with E-state index in [2.05, 4.69) is 12.1 Å². The average Bonchev–Trinajstić information content (AvgIpc) is 2.31. The monoisotopic (exact) mass is 213 g/mol. The zero-order chi connectivity index (χ0) is 10.6. The number of rotatable bonds is 0. The Morgan fingerprint density at radius 3 is 2.81 bits per heavy atom. The summed E-state index contributed by atoms with van der Waals surface area (Å²) >= 11 is 0. The molecular formula is C15H19N. The van der Waals surface area contributed by atoms with Crippen LogP contribution < -0.4 is 0 Å². The molecule has 1 heterocycles. The van der Waals surface area contributed by atoms with E-state index in [1.807, 2.05) is 6.20 Å². The molecule has 0 aliphatic heterocycles. The second-order valence-corrected chi connectivity index (χ2v) is 6.08. The largest absolute Gasteiger partial charge is 0.260 e. The van der Waals surface area contributed by atoms with Crippen LogP contribution in [0.1, 0.15) is 56.2 Å². The molecule has 2 unspecified atom stereocenters. The van der Waals surface area contributed by atoms with E-state index in [4.69, 9.17) is 4.98 Å². The minimum Gasteiger partial charge on any atom is -0.260 e. The van der Waals surface area contributed by atoms with Gasteiger partial charge < -0.3 is 0 Å². The molecule has 0 spiro atoms. The summed E-state index contributed by atoms with van der Waals surface area (Å²) in [5.74, 6) is 0. The first kappa shape index (κ1) is 9.21. The lowest BCUT2D eigenvalue weighted by Crippen LogP contribution is -2.59. The topological polar surface area (TPSA) is 12.9 Å². The van der Waals surface area contributed by atoms with Crippen molar-refractivity contribution in [2.45, 2.75) is 56.8 Å². The fourth-order valence-corrected chi connectivity index (χ4v) is 4.85. The molecule has 0 bridgehead atoms. The second kappa shape index (κ2) is 2.88. The van der Waals surface area contributed by atoms with E-state index in [-0.39, 0.29) is 0 Å². The number of aryl methyl sites for hydroxylation is 1. The molecular weight excluding hydrogens is 194 g/mol. The highest BCUT2D eigenvalue weighted by atomic mass is 14.8. The molecule has 84 valence electrons. The van der Waals surface area contributed by atoms with Crippen LogP contribution in [0.5, 0.6) is 0 Å². The second-order valence-electron chi connectivity index (χ2n) is 6.08. The Kier molecular flexibility index (Phi) is 1.66. The first-order valence-electron chi connectivity index (χ1n) is 6.81. The van der Waals surface area contributed by atoms with E-state index in [0.717, 1.165) is 0 Å². The Balaban J connectivity index is 1.91. The quantitative estimate of drug-likeness (QED) is 0.641. The summed E-state index contributed by atoms with van der Waals surface area (Å²) in [4.78, 5) is 4.77. The van der Waals surface area contributed by atoms with Gasteiger partial charge in [-0.2, -0.15) is 0 Å². The van der Waals surface area contributed by atoms with Crippen LogP contribution >= 0.6 is 0 Å². The predicted octanol–water partition coefficient (Wildman–Crippen LogP) is 3.62. The molecule has 0 amide bonds. The summed E-state index contributed by atoms with van der Waals surface area (Å²) in [5, 5.41) is 0. The fourth-order valence-electron chi connectivity index (χ4n) is 4.85. The van der Waals surface area contributed by atoms with Crippen molar-refractivity contribution in [3.05, 3.63) is 29.6 Å². The Labute approximate surface area is 97.3 Å². The van der Waals surface area contributed by atoms with Crippen LogP contribution in [-0.2, 0) is 11.8 Å². The molecule has 0 N–H and O–H groups in total. The summed E-state index contributed by atoms with van der Waals surface area (Å²) in [7, 11) is 0. The highest BCUT2D eigenvalue weighted by molar-refractivity contribution is 5.38. The number of nitrogens with zero attached hydrogens (tertiary/aromatic N) is 1. The van der Waals surface area contributed by atoms with Crippen molar-refractivity contribution in [1.29, 1.82) is 0 Å². The fraction of sp³-hybridized carbons (Fsp3) is 0.667. The SMILES string of the molecule is c1cnc2c(c1)CCC13CCCCC21CC3. The van der Waals surface area contributed by atoms with E-state index in [0.29, 0.717) is 10.8 Å². The minimum atomic E-state index is 0.514. The summed E-state index contributed by atoms with van der Waals surface area (Å²) in [6.07, 6.45) is 13.4. The van der Waals surface area contributed by atoms with Gasteiger partial charge in [0.25, 0.3) is 0 Å². The van der Waals surface area contributed by atoms with Crippen LogP contribution in [0.4, 0.5) is 0 Å². The third-order valence-electron chi connectivity index (χ3n) is 5.77.